The quantitative estimate of drug-likeness (QED) is 0.563. The van der Waals surface area contributed by atoms with E-state index in [4.69, 9.17) is 28.8 Å². The van der Waals surface area contributed by atoms with Gasteiger partial charge in [0.25, 0.3) is 10.1 Å². The summed E-state index contributed by atoms with van der Waals surface area (Å²) >= 11 is 5.81. The number of benzene rings is 1. The van der Waals surface area contributed by atoms with E-state index in [9.17, 15) is 8.42 Å². The molecule has 0 amide bonds. The molecule has 0 spiro atoms. The van der Waals surface area contributed by atoms with Crippen LogP contribution in [0, 0.1) is 6.92 Å². The molecule has 0 aliphatic heterocycles. The van der Waals surface area contributed by atoms with Crippen molar-refractivity contribution in [1.82, 2.24) is 15.0 Å². The summed E-state index contributed by atoms with van der Waals surface area (Å²) in [5.41, 5.74) is 1.85. The molecule has 0 unspecified atom stereocenters. The Balaban J connectivity index is 0.000000765. The van der Waals surface area contributed by atoms with Gasteiger partial charge in [0.05, 0.1) is 5.75 Å². The van der Waals surface area contributed by atoms with Gasteiger partial charge in [-0.2, -0.15) is 23.4 Å². The average Bonchev–Trinajstić information content (AvgIpc) is 2.44. The minimum Gasteiger partial charge on any atom is -0.353 e. The summed E-state index contributed by atoms with van der Waals surface area (Å²) in [6.45, 7) is 1.90. The highest BCUT2D eigenvalue weighted by Crippen LogP contribution is 2.16. The van der Waals surface area contributed by atoms with Crippen molar-refractivity contribution in [3.8, 4) is 0 Å². The van der Waals surface area contributed by atoms with Crippen LogP contribution in [0.1, 0.15) is 5.56 Å². The van der Waals surface area contributed by atoms with Crippen molar-refractivity contribution in [3.05, 3.63) is 35.1 Å². The van der Waals surface area contributed by atoms with Crippen LogP contribution in [0.25, 0.3) is 0 Å². The lowest BCUT2D eigenvalue weighted by atomic mass is 10.2. The van der Waals surface area contributed by atoms with Crippen LogP contribution >= 0.6 is 11.6 Å². The van der Waals surface area contributed by atoms with Crippen LogP contribution in [0.2, 0.25) is 5.28 Å². The Morgan fingerprint density at radius 3 is 2.35 bits per heavy atom. The molecule has 14 heteroatoms. The zero-order valence-electron chi connectivity index (χ0n) is 13.2. The Kier molecular flexibility index (Phi) is 8.31. The summed E-state index contributed by atoms with van der Waals surface area (Å²) in [7, 11) is -7.16. The zero-order valence-corrected chi connectivity index (χ0v) is 15.6. The fourth-order valence-electron chi connectivity index (χ4n) is 1.63. The van der Waals surface area contributed by atoms with Crippen LogP contribution in [0.15, 0.2) is 24.3 Å². The highest BCUT2D eigenvalue weighted by molar-refractivity contribution is 7.85. The Morgan fingerprint density at radius 1 is 1.15 bits per heavy atom. The number of nitrogens with one attached hydrogen (secondary N) is 2. The van der Waals surface area contributed by atoms with E-state index in [0.29, 0.717) is 0 Å². The lowest BCUT2D eigenvalue weighted by Crippen LogP contribution is -2.16. The molecular formula is C12H14ClN5O6S2. The normalized spacial score (nSPS) is 10.4. The van der Waals surface area contributed by atoms with E-state index in [-0.39, 0.29) is 23.7 Å². The summed E-state index contributed by atoms with van der Waals surface area (Å²) in [4.78, 5) is 11.8. The molecule has 0 fully saturated rings. The van der Waals surface area contributed by atoms with E-state index in [2.05, 4.69) is 25.6 Å². The van der Waals surface area contributed by atoms with Gasteiger partial charge in [-0.1, -0.05) is 12.1 Å². The summed E-state index contributed by atoms with van der Waals surface area (Å²) < 4.78 is 55.3. The van der Waals surface area contributed by atoms with Gasteiger partial charge in [0, 0.05) is 12.2 Å². The number of nitrogens with zero attached hydrogens (tertiary/aromatic N) is 3. The number of aromatic nitrogens is 3. The summed E-state index contributed by atoms with van der Waals surface area (Å²) in [6, 6.07) is 7.58. The van der Waals surface area contributed by atoms with Crippen LogP contribution in [-0.2, 0) is 20.7 Å². The Hall–Kier alpha value is -2.35. The largest absolute Gasteiger partial charge is 0.425 e. The SMILES string of the molecule is Cc1cccc(Nc2nc(Cl)nc(NCCS(=O)(=O)O)n2)c1.O=S(=O)=O. The molecule has 0 aliphatic carbocycles. The molecular weight excluding hydrogens is 410 g/mol. The maximum absolute atomic E-state index is 10.7. The molecule has 1 aromatic heterocycles. The molecule has 2 rings (SSSR count). The first-order chi connectivity index (χ1) is 12.0. The number of anilines is 3. The molecule has 0 saturated carbocycles. The predicted octanol–water partition coefficient (Wildman–Crippen LogP) is 0.873. The van der Waals surface area contributed by atoms with Crippen molar-refractivity contribution in [3.63, 3.8) is 0 Å². The minimum atomic E-state index is -4.05. The highest BCUT2D eigenvalue weighted by Gasteiger charge is 2.08. The van der Waals surface area contributed by atoms with Crippen molar-refractivity contribution in [1.29, 1.82) is 0 Å². The number of rotatable bonds is 6. The summed E-state index contributed by atoms with van der Waals surface area (Å²) in [6.07, 6.45) is 0. The van der Waals surface area contributed by atoms with E-state index in [1.165, 1.54) is 0 Å². The van der Waals surface area contributed by atoms with Crippen molar-refractivity contribution in [2.75, 3.05) is 22.9 Å². The van der Waals surface area contributed by atoms with Crippen LogP contribution in [0.4, 0.5) is 17.6 Å². The Bertz CT molecular complexity index is 962. The molecule has 1 aromatic carbocycles. The van der Waals surface area contributed by atoms with Gasteiger partial charge in [-0.25, -0.2) is 0 Å². The second-order valence-electron chi connectivity index (χ2n) is 4.66. The first-order valence-corrected chi connectivity index (χ1v) is 9.75. The molecule has 0 radical (unpaired) electrons. The number of halogens is 1. The van der Waals surface area contributed by atoms with E-state index in [1.54, 1.807) is 0 Å². The maximum atomic E-state index is 10.7. The van der Waals surface area contributed by atoms with Crippen molar-refractivity contribution >= 4 is 49.9 Å². The van der Waals surface area contributed by atoms with E-state index >= 15 is 0 Å². The third-order valence-corrected chi connectivity index (χ3v) is 3.41. The number of hydrogen-bond acceptors (Lipinski definition) is 10. The Morgan fingerprint density at radius 2 is 1.77 bits per heavy atom. The molecule has 11 nitrogen and oxygen atoms in total. The second-order valence-corrected chi connectivity index (χ2v) is 6.98. The van der Waals surface area contributed by atoms with Gasteiger partial charge in [-0.05, 0) is 36.2 Å². The lowest BCUT2D eigenvalue weighted by Gasteiger charge is -2.08. The van der Waals surface area contributed by atoms with Crippen LogP contribution in [-0.4, -0.2) is 52.8 Å². The van der Waals surface area contributed by atoms with Crippen LogP contribution in [0.3, 0.4) is 0 Å². The van der Waals surface area contributed by atoms with Crippen LogP contribution < -0.4 is 10.6 Å². The van der Waals surface area contributed by atoms with E-state index in [0.717, 1.165) is 11.3 Å². The molecule has 1 heterocycles. The van der Waals surface area contributed by atoms with Gasteiger partial charge >= 0.3 is 10.6 Å². The molecule has 0 aliphatic rings. The first-order valence-electron chi connectivity index (χ1n) is 6.76. The fraction of sp³-hybridized carbons (Fsp3) is 0.250. The smallest absolute Gasteiger partial charge is 0.353 e. The highest BCUT2D eigenvalue weighted by atomic mass is 35.5. The average molecular weight is 424 g/mol. The Labute approximate surface area is 155 Å². The van der Waals surface area contributed by atoms with Gasteiger partial charge in [0.2, 0.25) is 17.2 Å². The van der Waals surface area contributed by atoms with Crippen molar-refractivity contribution in [2.45, 2.75) is 6.92 Å². The maximum Gasteiger partial charge on any atom is 0.425 e. The van der Waals surface area contributed by atoms with Gasteiger partial charge < -0.3 is 10.6 Å². The number of hydrogen-bond donors (Lipinski definition) is 3. The number of aryl methyl sites for hydroxylation is 1. The van der Waals surface area contributed by atoms with Gasteiger partial charge in [0.1, 0.15) is 0 Å². The van der Waals surface area contributed by atoms with Crippen molar-refractivity contribution < 1.29 is 25.6 Å². The summed E-state index contributed by atoms with van der Waals surface area (Å²) in [5.74, 6) is -0.129. The molecule has 0 saturated heterocycles. The van der Waals surface area contributed by atoms with Gasteiger partial charge in [0.15, 0.2) is 0 Å². The molecule has 26 heavy (non-hydrogen) atoms. The topological polar surface area (TPSA) is 168 Å². The molecule has 142 valence electrons. The first kappa shape index (κ1) is 21.7. The minimum absolute atomic E-state index is 0.0421. The van der Waals surface area contributed by atoms with Crippen LogP contribution in [0.5, 0.6) is 0 Å². The molecule has 0 atom stereocenters. The standard InChI is InChI=1S/C12H14ClN5O3S.O3S/c1-8-3-2-4-9(7-8)15-12-17-10(13)16-11(18-12)14-5-6-22(19,20)21;1-4(2)3/h2-4,7H,5-6H2,1H3,(H,19,20,21)(H2,14,15,16,17,18);. The molecule has 0 bridgehead atoms. The van der Waals surface area contributed by atoms with Gasteiger partial charge in [-0.15, -0.1) is 12.6 Å². The van der Waals surface area contributed by atoms with E-state index < -0.39 is 26.5 Å². The third kappa shape index (κ3) is 9.83. The zero-order chi connectivity index (χ0) is 19.7. The molecule has 2 aromatic rings. The summed E-state index contributed by atoms with van der Waals surface area (Å²) in [5, 5.41) is 5.59. The predicted molar refractivity (Wildman–Crippen MR) is 93.9 cm³/mol. The van der Waals surface area contributed by atoms with Gasteiger partial charge in [-0.3, -0.25) is 4.55 Å². The monoisotopic (exact) mass is 423 g/mol. The molecule has 3 N–H and O–H groups in total. The van der Waals surface area contributed by atoms with E-state index in [1.807, 2.05) is 31.2 Å². The fourth-order valence-corrected chi connectivity index (χ4v) is 2.15. The third-order valence-electron chi connectivity index (χ3n) is 2.53. The lowest BCUT2D eigenvalue weighted by molar-refractivity contribution is 0.484. The van der Waals surface area contributed by atoms with Crippen molar-refractivity contribution in [2.24, 2.45) is 0 Å². The second kappa shape index (κ2) is 9.96.